The molecule has 0 fully saturated rings. The van der Waals surface area contributed by atoms with Crippen molar-refractivity contribution in [2.45, 2.75) is 19.1 Å². The van der Waals surface area contributed by atoms with Crippen molar-refractivity contribution in [1.29, 1.82) is 0 Å². The van der Waals surface area contributed by atoms with E-state index in [1.807, 2.05) is 36.5 Å². The largest absolute Gasteiger partial charge is 0.398 e. The lowest BCUT2D eigenvalue weighted by atomic mass is 9.95. The van der Waals surface area contributed by atoms with Crippen molar-refractivity contribution in [3.05, 3.63) is 175 Å². The fourth-order valence-electron chi connectivity index (χ4n) is 7.51. The van der Waals surface area contributed by atoms with Gasteiger partial charge >= 0.3 is 0 Å². The summed E-state index contributed by atoms with van der Waals surface area (Å²) in [6, 6.07) is 53.4. The van der Waals surface area contributed by atoms with Crippen LogP contribution >= 0.6 is 0 Å². The predicted molar refractivity (Wildman–Crippen MR) is 204 cm³/mol. The van der Waals surface area contributed by atoms with Gasteiger partial charge in [0.2, 0.25) is 0 Å². The second kappa shape index (κ2) is 11.8. The van der Waals surface area contributed by atoms with Crippen LogP contribution in [-0.4, -0.2) is 14.1 Å². The molecule has 0 aliphatic carbocycles. The van der Waals surface area contributed by atoms with E-state index in [1.54, 1.807) is 0 Å². The molecule has 0 saturated carbocycles. The Morgan fingerprint density at radius 3 is 2.22 bits per heavy atom. The molecule has 0 saturated heterocycles. The molecule has 0 aliphatic rings. The first-order chi connectivity index (χ1) is 24.1. The standard InChI is InChI=1S/C44H35N5/c1-29(47-44(36-15-7-8-16-38(36)45)32-20-18-31(19-21-32)39-17-9-10-25-46-39)49-40-23-22-30-11-5-6-14-35(30)43(40)37-27-33-24-26-48(41(33)28-42(37)49)34-12-3-2-4-13-34/h2-29,44,47H,45H2,1H3/t29-,44?/m1/s1. The van der Waals surface area contributed by atoms with E-state index in [1.165, 1.54) is 43.5 Å². The molecular weight excluding hydrogens is 599 g/mol. The molecule has 3 aromatic heterocycles. The summed E-state index contributed by atoms with van der Waals surface area (Å²) >= 11 is 0. The summed E-state index contributed by atoms with van der Waals surface area (Å²) in [5, 5.41) is 10.3. The van der Waals surface area contributed by atoms with Crippen molar-refractivity contribution in [2.24, 2.45) is 0 Å². The number of fused-ring (bicyclic) bond motifs is 6. The minimum atomic E-state index is -0.154. The highest BCUT2D eigenvalue weighted by molar-refractivity contribution is 6.22. The molecular formula is C44H35N5. The number of nitrogens with two attached hydrogens (primary N) is 1. The van der Waals surface area contributed by atoms with Gasteiger partial charge in [0.25, 0.3) is 0 Å². The van der Waals surface area contributed by atoms with Crippen LogP contribution in [0.1, 0.15) is 30.3 Å². The Bertz CT molecular complexity index is 2600. The van der Waals surface area contributed by atoms with Crippen LogP contribution in [0.15, 0.2) is 164 Å². The van der Waals surface area contributed by atoms with Crippen molar-refractivity contribution in [2.75, 3.05) is 5.73 Å². The number of aromatic nitrogens is 3. The number of para-hydroxylation sites is 2. The number of hydrogen-bond acceptors (Lipinski definition) is 3. The summed E-state index contributed by atoms with van der Waals surface area (Å²) in [6.07, 6.45) is 3.91. The molecule has 9 aromatic rings. The van der Waals surface area contributed by atoms with E-state index < -0.39 is 0 Å². The molecule has 0 radical (unpaired) electrons. The van der Waals surface area contributed by atoms with Crippen molar-refractivity contribution in [1.82, 2.24) is 19.4 Å². The average molecular weight is 634 g/mol. The fraction of sp³-hybridized carbons (Fsp3) is 0.0682. The second-order valence-electron chi connectivity index (χ2n) is 12.7. The summed E-state index contributed by atoms with van der Waals surface area (Å²) in [6.45, 7) is 2.25. The van der Waals surface area contributed by atoms with Crippen LogP contribution in [0.5, 0.6) is 0 Å². The van der Waals surface area contributed by atoms with Gasteiger partial charge in [-0.05, 0) is 83.4 Å². The number of rotatable bonds is 7. The van der Waals surface area contributed by atoms with E-state index in [2.05, 4.69) is 154 Å². The van der Waals surface area contributed by atoms with E-state index in [4.69, 9.17) is 5.73 Å². The lowest BCUT2D eigenvalue weighted by Crippen LogP contribution is -2.30. The molecule has 2 atom stereocenters. The lowest BCUT2D eigenvalue weighted by Gasteiger charge is -2.27. The average Bonchev–Trinajstić information content (AvgIpc) is 3.72. The van der Waals surface area contributed by atoms with E-state index in [0.29, 0.717) is 0 Å². The Balaban J connectivity index is 1.23. The molecule has 0 spiro atoms. The Hall–Kier alpha value is -6.17. The topological polar surface area (TPSA) is 60.8 Å². The highest BCUT2D eigenvalue weighted by atomic mass is 15.2. The number of benzene rings is 6. The zero-order valence-corrected chi connectivity index (χ0v) is 27.2. The summed E-state index contributed by atoms with van der Waals surface area (Å²) in [4.78, 5) is 4.56. The Morgan fingerprint density at radius 1 is 0.633 bits per heavy atom. The molecule has 0 amide bonds. The zero-order chi connectivity index (χ0) is 32.9. The number of pyridine rings is 1. The molecule has 236 valence electrons. The Kier molecular flexibility index (Phi) is 6.99. The van der Waals surface area contributed by atoms with Gasteiger partial charge in [-0.1, -0.05) is 97.1 Å². The van der Waals surface area contributed by atoms with Crippen LogP contribution in [0.25, 0.3) is 60.4 Å². The quantitative estimate of drug-likeness (QED) is 0.172. The van der Waals surface area contributed by atoms with E-state index in [0.717, 1.165) is 33.8 Å². The highest BCUT2D eigenvalue weighted by Crippen LogP contribution is 2.40. The molecule has 1 unspecified atom stereocenters. The first kappa shape index (κ1) is 29.0. The van der Waals surface area contributed by atoms with Crippen LogP contribution in [0.3, 0.4) is 0 Å². The first-order valence-corrected chi connectivity index (χ1v) is 16.8. The normalized spacial score (nSPS) is 13.0. The van der Waals surface area contributed by atoms with Gasteiger partial charge in [0.1, 0.15) is 0 Å². The number of nitrogens with zero attached hydrogens (tertiary/aromatic N) is 3. The van der Waals surface area contributed by atoms with Gasteiger partial charge in [-0.25, -0.2) is 0 Å². The first-order valence-electron chi connectivity index (χ1n) is 16.8. The molecule has 9 rings (SSSR count). The Labute approximate surface area is 284 Å². The maximum absolute atomic E-state index is 6.68. The molecule has 5 nitrogen and oxygen atoms in total. The number of nitrogen functional groups attached to an aromatic ring is 1. The molecule has 49 heavy (non-hydrogen) atoms. The van der Waals surface area contributed by atoms with E-state index >= 15 is 0 Å². The fourth-order valence-corrected chi connectivity index (χ4v) is 7.51. The summed E-state index contributed by atoms with van der Waals surface area (Å²) < 4.78 is 4.75. The van der Waals surface area contributed by atoms with Crippen LogP contribution in [0, 0.1) is 0 Å². The van der Waals surface area contributed by atoms with Gasteiger partial charge in [0.05, 0.1) is 34.5 Å². The van der Waals surface area contributed by atoms with Gasteiger partial charge in [-0.3, -0.25) is 10.3 Å². The minimum Gasteiger partial charge on any atom is -0.398 e. The molecule has 0 bridgehead atoms. The minimum absolute atomic E-state index is 0.0983. The smallest absolute Gasteiger partial charge is 0.0824 e. The van der Waals surface area contributed by atoms with Crippen molar-refractivity contribution in [3.63, 3.8) is 0 Å². The molecule has 3 heterocycles. The molecule has 5 heteroatoms. The third kappa shape index (κ3) is 4.95. The zero-order valence-electron chi connectivity index (χ0n) is 27.2. The number of nitrogens with one attached hydrogen (secondary N) is 1. The maximum Gasteiger partial charge on any atom is 0.0824 e. The number of hydrogen-bond donors (Lipinski definition) is 2. The van der Waals surface area contributed by atoms with Crippen molar-refractivity contribution >= 4 is 49.2 Å². The van der Waals surface area contributed by atoms with E-state index in [-0.39, 0.29) is 12.2 Å². The number of anilines is 1. The molecule has 3 N–H and O–H groups in total. The summed E-state index contributed by atoms with van der Waals surface area (Å²) in [5.41, 5.74) is 16.3. The van der Waals surface area contributed by atoms with Gasteiger partial charge in [-0.15, -0.1) is 0 Å². The van der Waals surface area contributed by atoms with Gasteiger partial charge < -0.3 is 14.9 Å². The maximum atomic E-state index is 6.68. The summed E-state index contributed by atoms with van der Waals surface area (Å²) in [7, 11) is 0. The predicted octanol–water partition coefficient (Wildman–Crippen LogP) is 10.4. The van der Waals surface area contributed by atoms with E-state index in [9.17, 15) is 0 Å². The monoisotopic (exact) mass is 633 g/mol. The highest BCUT2D eigenvalue weighted by Gasteiger charge is 2.24. The van der Waals surface area contributed by atoms with Crippen LogP contribution in [-0.2, 0) is 0 Å². The lowest BCUT2D eigenvalue weighted by molar-refractivity contribution is 0.422. The van der Waals surface area contributed by atoms with Gasteiger partial charge in [0, 0.05) is 45.5 Å². The van der Waals surface area contributed by atoms with Crippen molar-refractivity contribution in [3.8, 4) is 16.9 Å². The van der Waals surface area contributed by atoms with Gasteiger partial charge in [0.15, 0.2) is 0 Å². The van der Waals surface area contributed by atoms with Crippen LogP contribution in [0.4, 0.5) is 5.69 Å². The van der Waals surface area contributed by atoms with Crippen molar-refractivity contribution < 1.29 is 0 Å². The third-order valence-electron chi connectivity index (χ3n) is 9.84. The summed E-state index contributed by atoms with van der Waals surface area (Å²) in [5.74, 6) is 0. The molecule has 0 aliphatic heterocycles. The van der Waals surface area contributed by atoms with Crippen LogP contribution < -0.4 is 11.1 Å². The third-order valence-corrected chi connectivity index (χ3v) is 9.84. The Morgan fingerprint density at radius 2 is 1.41 bits per heavy atom. The SMILES string of the molecule is C[C@H](NC(c1ccc(-c2ccccn2)cc1)c1ccccc1N)n1c2cc3c(ccn3-c3ccccc3)cc2c2c3ccccc3ccc21. The second-order valence-corrected chi connectivity index (χ2v) is 12.7. The van der Waals surface area contributed by atoms with Crippen LogP contribution in [0.2, 0.25) is 0 Å². The van der Waals surface area contributed by atoms with Gasteiger partial charge in [-0.2, -0.15) is 0 Å². The molecule has 6 aromatic carbocycles.